The number of halogens is 1. The largest absolute Gasteiger partial charge is 0.481 e. The van der Waals surface area contributed by atoms with E-state index in [4.69, 9.17) is 5.11 Å². The van der Waals surface area contributed by atoms with Crippen LogP contribution < -0.4 is 5.32 Å². The molecular weight excluding hydrogens is 283 g/mol. The van der Waals surface area contributed by atoms with Crippen molar-refractivity contribution in [3.05, 3.63) is 29.6 Å². The number of carboxylic acid groups (broad SMARTS) is 1. The maximum Gasteiger partial charge on any atom is 0.337 e. The summed E-state index contributed by atoms with van der Waals surface area (Å²) < 4.78 is 18.1. The first-order valence-electron chi connectivity index (χ1n) is 5.97. The molecule has 7 nitrogen and oxygen atoms in total. The molecule has 1 rings (SSSR count). The van der Waals surface area contributed by atoms with Gasteiger partial charge >= 0.3 is 18.0 Å². The van der Waals surface area contributed by atoms with Gasteiger partial charge in [0.25, 0.3) is 0 Å². The summed E-state index contributed by atoms with van der Waals surface area (Å²) in [6.07, 6.45) is -0.228. The average Bonchev–Trinajstić information content (AvgIpc) is 2.45. The van der Waals surface area contributed by atoms with Gasteiger partial charge < -0.3 is 20.1 Å². The van der Waals surface area contributed by atoms with Gasteiger partial charge in [-0.05, 0) is 18.2 Å². The molecule has 1 aromatic carbocycles. The molecule has 0 atom stereocenters. The number of carbonyl (C=O) groups excluding carboxylic acids is 2. The third-order valence-electron chi connectivity index (χ3n) is 2.64. The predicted octanol–water partition coefficient (Wildman–Crippen LogP) is 1.55. The van der Waals surface area contributed by atoms with E-state index in [1.54, 1.807) is 0 Å². The number of amides is 2. The lowest BCUT2D eigenvalue weighted by molar-refractivity contribution is -0.137. The normalized spacial score (nSPS) is 9.86. The predicted molar refractivity (Wildman–Crippen MR) is 71.6 cm³/mol. The van der Waals surface area contributed by atoms with Gasteiger partial charge in [0.15, 0.2) is 0 Å². The van der Waals surface area contributed by atoms with Crippen LogP contribution in [0.15, 0.2) is 18.2 Å². The van der Waals surface area contributed by atoms with Gasteiger partial charge in [-0.3, -0.25) is 4.79 Å². The van der Waals surface area contributed by atoms with E-state index in [0.717, 1.165) is 17.0 Å². The Bertz CT molecular complexity index is 561. The molecule has 2 amide bonds. The number of urea groups is 1. The van der Waals surface area contributed by atoms with E-state index in [2.05, 4.69) is 10.1 Å². The van der Waals surface area contributed by atoms with Crippen molar-refractivity contribution in [3.8, 4) is 0 Å². The second kappa shape index (κ2) is 7.22. The number of hydrogen-bond acceptors (Lipinski definition) is 4. The highest BCUT2D eigenvalue weighted by molar-refractivity contribution is 5.94. The second-order valence-corrected chi connectivity index (χ2v) is 4.18. The molecule has 0 saturated carbocycles. The molecule has 0 heterocycles. The topological polar surface area (TPSA) is 95.9 Å². The minimum atomic E-state index is -1.05. The van der Waals surface area contributed by atoms with Gasteiger partial charge in [-0.15, -0.1) is 0 Å². The molecule has 0 fully saturated rings. The van der Waals surface area contributed by atoms with Gasteiger partial charge in [-0.2, -0.15) is 0 Å². The van der Waals surface area contributed by atoms with Gasteiger partial charge in [0.05, 0.1) is 24.8 Å². The van der Waals surface area contributed by atoms with Crippen LogP contribution in [-0.2, 0) is 9.53 Å². The number of nitrogens with one attached hydrogen (secondary N) is 1. The first-order valence-corrected chi connectivity index (χ1v) is 5.97. The van der Waals surface area contributed by atoms with Crippen molar-refractivity contribution in [2.45, 2.75) is 6.42 Å². The number of carboxylic acids is 1. The Morgan fingerprint density at radius 1 is 1.38 bits per heavy atom. The van der Waals surface area contributed by atoms with Gasteiger partial charge in [-0.25, -0.2) is 14.0 Å². The summed E-state index contributed by atoms with van der Waals surface area (Å²) in [5.74, 6) is -2.43. The lowest BCUT2D eigenvalue weighted by atomic mass is 10.2. The number of esters is 1. The molecule has 0 bridgehead atoms. The van der Waals surface area contributed by atoms with Crippen molar-refractivity contribution in [2.75, 3.05) is 26.0 Å². The molecule has 0 radical (unpaired) electrons. The third-order valence-corrected chi connectivity index (χ3v) is 2.64. The zero-order chi connectivity index (χ0) is 16.0. The van der Waals surface area contributed by atoms with Crippen LogP contribution in [0.2, 0.25) is 0 Å². The summed E-state index contributed by atoms with van der Waals surface area (Å²) in [6, 6.07) is 2.71. The fourth-order valence-corrected chi connectivity index (χ4v) is 1.44. The summed E-state index contributed by atoms with van der Waals surface area (Å²) in [5.41, 5.74) is -0.104. The molecule has 0 saturated heterocycles. The van der Waals surface area contributed by atoms with E-state index in [-0.39, 0.29) is 24.2 Å². The summed E-state index contributed by atoms with van der Waals surface area (Å²) in [7, 11) is 2.56. The second-order valence-electron chi connectivity index (χ2n) is 4.18. The van der Waals surface area contributed by atoms with Crippen LogP contribution in [-0.4, -0.2) is 48.7 Å². The number of methoxy groups -OCH3 is 1. The first-order chi connectivity index (χ1) is 9.85. The van der Waals surface area contributed by atoms with Crippen molar-refractivity contribution in [3.63, 3.8) is 0 Å². The smallest absolute Gasteiger partial charge is 0.337 e. The number of benzene rings is 1. The lowest BCUT2D eigenvalue weighted by Crippen LogP contribution is -2.33. The highest BCUT2D eigenvalue weighted by Gasteiger charge is 2.15. The molecule has 114 valence electrons. The van der Waals surface area contributed by atoms with Crippen molar-refractivity contribution < 1.29 is 28.6 Å². The monoisotopic (exact) mass is 298 g/mol. The molecule has 1 aromatic rings. The van der Waals surface area contributed by atoms with E-state index < -0.39 is 23.8 Å². The summed E-state index contributed by atoms with van der Waals surface area (Å²) in [4.78, 5) is 34.6. The maximum absolute atomic E-state index is 13.6. The van der Waals surface area contributed by atoms with E-state index in [0.29, 0.717) is 0 Å². The first kappa shape index (κ1) is 16.4. The standard InChI is InChI=1S/C13H15FN2O5/c1-16(6-5-11(17)18)13(20)15-10-7-8(12(19)21-2)3-4-9(10)14/h3-4,7H,5-6H2,1-2H3,(H,15,20)(H,17,18). The quantitative estimate of drug-likeness (QED) is 0.804. The highest BCUT2D eigenvalue weighted by atomic mass is 19.1. The summed E-state index contributed by atoms with van der Waals surface area (Å²) in [6.45, 7) is -0.0283. The van der Waals surface area contributed by atoms with Gasteiger partial charge in [0.2, 0.25) is 0 Å². The molecule has 8 heteroatoms. The number of carbonyl (C=O) groups is 3. The van der Waals surface area contributed by atoms with Gasteiger partial charge in [-0.1, -0.05) is 0 Å². The van der Waals surface area contributed by atoms with Crippen LogP contribution in [0, 0.1) is 5.82 Å². The number of aliphatic carboxylic acids is 1. The van der Waals surface area contributed by atoms with Crippen molar-refractivity contribution in [1.82, 2.24) is 4.90 Å². The number of rotatable bonds is 5. The molecule has 2 N–H and O–H groups in total. The molecule has 0 aliphatic carbocycles. The Hall–Kier alpha value is -2.64. The number of ether oxygens (including phenoxy) is 1. The lowest BCUT2D eigenvalue weighted by Gasteiger charge is -2.17. The Morgan fingerprint density at radius 2 is 2.05 bits per heavy atom. The van der Waals surface area contributed by atoms with Crippen molar-refractivity contribution in [2.24, 2.45) is 0 Å². The number of nitrogens with zero attached hydrogens (tertiary/aromatic N) is 1. The minimum Gasteiger partial charge on any atom is -0.481 e. The zero-order valence-corrected chi connectivity index (χ0v) is 11.6. The molecule has 21 heavy (non-hydrogen) atoms. The molecule has 0 aliphatic heterocycles. The van der Waals surface area contributed by atoms with E-state index in [9.17, 15) is 18.8 Å². The van der Waals surface area contributed by atoms with Crippen LogP contribution in [0.5, 0.6) is 0 Å². The van der Waals surface area contributed by atoms with Gasteiger partial charge in [0.1, 0.15) is 5.82 Å². The number of anilines is 1. The Balaban J connectivity index is 2.79. The van der Waals surface area contributed by atoms with Crippen LogP contribution in [0.3, 0.4) is 0 Å². The van der Waals surface area contributed by atoms with Gasteiger partial charge in [0, 0.05) is 13.6 Å². The molecule has 0 aliphatic rings. The van der Waals surface area contributed by atoms with Crippen molar-refractivity contribution in [1.29, 1.82) is 0 Å². The zero-order valence-electron chi connectivity index (χ0n) is 11.6. The molecule has 0 unspecified atom stereocenters. The third kappa shape index (κ3) is 4.75. The van der Waals surface area contributed by atoms with Crippen molar-refractivity contribution >= 4 is 23.7 Å². The van der Waals surface area contributed by atoms with E-state index >= 15 is 0 Å². The SMILES string of the molecule is COC(=O)c1ccc(F)c(NC(=O)N(C)CCC(=O)O)c1. The summed E-state index contributed by atoms with van der Waals surface area (Å²) >= 11 is 0. The van der Waals surface area contributed by atoms with Crippen LogP contribution >= 0.6 is 0 Å². The highest BCUT2D eigenvalue weighted by Crippen LogP contribution is 2.17. The van der Waals surface area contributed by atoms with Crippen LogP contribution in [0.1, 0.15) is 16.8 Å². The fourth-order valence-electron chi connectivity index (χ4n) is 1.44. The average molecular weight is 298 g/mol. The Labute approximate surface area is 120 Å². The summed E-state index contributed by atoms with van der Waals surface area (Å²) in [5, 5.41) is 10.8. The fraction of sp³-hybridized carbons (Fsp3) is 0.308. The molecule has 0 spiro atoms. The van der Waals surface area contributed by atoms with E-state index in [1.165, 1.54) is 20.2 Å². The van der Waals surface area contributed by atoms with Crippen LogP contribution in [0.4, 0.5) is 14.9 Å². The number of hydrogen-bond donors (Lipinski definition) is 2. The molecular formula is C13H15FN2O5. The minimum absolute atomic E-state index is 0.0283. The molecule has 0 aromatic heterocycles. The maximum atomic E-state index is 13.6. The Morgan fingerprint density at radius 3 is 2.62 bits per heavy atom. The van der Waals surface area contributed by atoms with E-state index in [1.807, 2.05) is 0 Å². The Kier molecular flexibility index (Phi) is 5.65. The van der Waals surface area contributed by atoms with Crippen LogP contribution in [0.25, 0.3) is 0 Å².